The molecular weight excluding hydrogens is 517 g/mol. The number of carbonyl (C=O) groups is 3. The quantitative estimate of drug-likeness (QED) is 0.553. The highest BCUT2D eigenvalue weighted by atomic mass is 19.4. The molecule has 2 aromatic carbocycles. The molecule has 11 heteroatoms. The largest absolute Gasteiger partial charge is 0.493 e. The van der Waals surface area contributed by atoms with E-state index >= 15 is 13.2 Å². The molecule has 0 bridgehead atoms. The molecular formula is C28H29F3N2O6. The second-order valence-corrected chi connectivity index (χ2v) is 10.3. The smallest absolute Gasteiger partial charge is 0.425 e. The van der Waals surface area contributed by atoms with E-state index in [0.717, 1.165) is 4.90 Å². The minimum atomic E-state index is -5.33. The number of hydrogen-bond donors (Lipinski definition) is 1. The molecule has 1 heterocycles. The lowest BCUT2D eigenvalue weighted by molar-refractivity contribution is -0.190. The van der Waals surface area contributed by atoms with Crippen molar-refractivity contribution < 1.29 is 41.8 Å². The zero-order chi connectivity index (χ0) is 28.8. The van der Waals surface area contributed by atoms with E-state index in [0.29, 0.717) is 5.56 Å². The van der Waals surface area contributed by atoms with E-state index in [1.54, 1.807) is 44.2 Å². The number of allylic oxidation sites excluding steroid dienone is 1. The van der Waals surface area contributed by atoms with Gasteiger partial charge in [0.05, 0.1) is 33.4 Å². The van der Waals surface area contributed by atoms with Crippen LogP contribution >= 0.6 is 0 Å². The molecule has 1 unspecified atom stereocenters. The molecule has 1 N–H and O–H groups in total. The van der Waals surface area contributed by atoms with Crippen molar-refractivity contribution in [3.63, 3.8) is 0 Å². The number of carbonyl (C=O) groups excluding carboxylic acids is 3. The average Bonchev–Trinajstić information content (AvgIpc) is 3.10. The third-order valence-corrected chi connectivity index (χ3v) is 6.96. The van der Waals surface area contributed by atoms with Crippen molar-refractivity contribution in [3.05, 3.63) is 64.9 Å². The third-order valence-electron chi connectivity index (χ3n) is 6.96. The lowest BCUT2D eigenvalue weighted by Crippen LogP contribution is -2.66. The van der Waals surface area contributed by atoms with Crippen LogP contribution in [0.4, 0.5) is 13.2 Å². The fourth-order valence-corrected chi connectivity index (χ4v) is 5.21. The zero-order valence-corrected chi connectivity index (χ0v) is 22.2. The molecule has 208 valence electrons. The van der Waals surface area contributed by atoms with Crippen molar-refractivity contribution in [1.29, 1.82) is 0 Å². The van der Waals surface area contributed by atoms with Gasteiger partial charge in [0.25, 0.3) is 11.8 Å². The summed E-state index contributed by atoms with van der Waals surface area (Å²) in [5.74, 6) is -3.33. The molecule has 1 aliphatic heterocycles. The summed E-state index contributed by atoms with van der Waals surface area (Å²) in [7, 11) is 3.91. The van der Waals surface area contributed by atoms with Crippen molar-refractivity contribution >= 4 is 17.6 Å². The summed E-state index contributed by atoms with van der Waals surface area (Å²) >= 11 is 0. The number of benzene rings is 2. The molecule has 1 atom stereocenters. The Hall–Kier alpha value is -4.02. The van der Waals surface area contributed by atoms with E-state index in [-0.39, 0.29) is 47.9 Å². The van der Waals surface area contributed by atoms with E-state index in [1.807, 2.05) is 5.32 Å². The molecule has 0 radical (unpaired) electrons. The topological polar surface area (TPSA) is 94.2 Å². The van der Waals surface area contributed by atoms with Gasteiger partial charge in [0.1, 0.15) is 0 Å². The first-order valence-corrected chi connectivity index (χ1v) is 12.1. The van der Waals surface area contributed by atoms with Gasteiger partial charge in [-0.15, -0.1) is 0 Å². The summed E-state index contributed by atoms with van der Waals surface area (Å²) in [4.78, 5) is 41.6. The van der Waals surface area contributed by atoms with E-state index in [2.05, 4.69) is 0 Å². The van der Waals surface area contributed by atoms with Gasteiger partial charge in [-0.2, -0.15) is 13.2 Å². The Labute approximate surface area is 223 Å². The molecule has 8 nitrogen and oxygen atoms in total. The van der Waals surface area contributed by atoms with Crippen LogP contribution in [0.15, 0.2) is 53.7 Å². The zero-order valence-electron chi connectivity index (χ0n) is 22.2. The third kappa shape index (κ3) is 4.70. The van der Waals surface area contributed by atoms with Gasteiger partial charge in [0.2, 0.25) is 11.3 Å². The fraction of sp³-hybridized carbons (Fsp3) is 0.393. The highest BCUT2D eigenvalue weighted by Gasteiger charge is 2.71. The summed E-state index contributed by atoms with van der Waals surface area (Å²) in [5, 5.41) is 1.93. The highest BCUT2D eigenvalue weighted by Crippen LogP contribution is 2.52. The number of amides is 2. The van der Waals surface area contributed by atoms with Gasteiger partial charge in [0, 0.05) is 17.7 Å². The number of nitrogens with one attached hydrogen (secondary N) is 1. The van der Waals surface area contributed by atoms with Crippen molar-refractivity contribution in [2.24, 2.45) is 5.41 Å². The number of methoxy groups -OCH3 is 3. The van der Waals surface area contributed by atoms with Gasteiger partial charge in [-0.25, -0.2) is 0 Å². The van der Waals surface area contributed by atoms with Gasteiger partial charge in [-0.05, 0) is 29.5 Å². The van der Waals surface area contributed by atoms with Crippen LogP contribution in [0.2, 0.25) is 0 Å². The van der Waals surface area contributed by atoms with Crippen molar-refractivity contribution in [1.82, 2.24) is 10.2 Å². The van der Waals surface area contributed by atoms with Gasteiger partial charge >= 0.3 is 6.18 Å². The number of hydrogen-bond acceptors (Lipinski definition) is 6. The average molecular weight is 547 g/mol. The molecule has 0 saturated carbocycles. The van der Waals surface area contributed by atoms with E-state index in [1.165, 1.54) is 33.5 Å². The maximum absolute atomic E-state index is 15.1. The Balaban J connectivity index is 1.87. The molecule has 2 aromatic rings. The van der Waals surface area contributed by atoms with Crippen LogP contribution in [-0.4, -0.2) is 55.5 Å². The van der Waals surface area contributed by atoms with Gasteiger partial charge in [-0.3, -0.25) is 14.4 Å². The van der Waals surface area contributed by atoms with E-state index in [9.17, 15) is 14.4 Å². The van der Waals surface area contributed by atoms with Crippen LogP contribution in [0.1, 0.15) is 42.6 Å². The maximum Gasteiger partial charge on any atom is 0.425 e. The molecule has 2 aliphatic rings. The summed E-state index contributed by atoms with van der Waals surface area (Å²) in [6, 6.07) is 10.8. The summed E-state index contributed by atoms with van der Waals surface area (Å²) in [6.07, 6.45) is -5.50. The minimum absolute atomic E-state index is 0.0295. The monoisotopic (exact) mass is 546 g/mol. The maximum atomic E-state index is 15.1. The first-order chi connectivity index (χ1) is 18.3. The van der Waals surface area contributed by atoms with Crippen molar-refractivity contribution in [3.8, 4) is 17.2 Å². The number of halogens is 3. The lowest BCUT2D eigenvalue weighted by Gasteiger charge is -2.35. The highest BCUT2D eigenvalue weighted by molar-refractivity contribution is 6.14. The number of rotatable bonds is 7. The molecule has 39 heavy (non-hydrogen) atoms. The normalized spacial score (nSPS) is 20.6. The molecule has 0 spiro atoms. The standard InChI is InChI=1S/C28H29F3N2O6/c1-26(2)13-18-22(19(34)14-26)27(28(29,30)31,25(36)33(18)15-16-9-7-6-8-10-16)32-24(35)17-11-20(37-3)23(39-5)21(12-17)38-4/h6-12H,13-15H2,1-5H3,(H,32,35). The summed E-state index contributed by atoms with van der Waals surface area (Å²) in [6.45, 7) is 3.31. The van der Waals surface area contributed by atoms with Crippen molar-refractivity contribution in [2.45, 2.75) is 44.9 Å². The minimum Gasteiger partial charge on any atom is -0.493 e. The van der Waals surface area contributed by atoms with Gasteiger partial charge in [0.15, 0.2) is 17.3 Å². The van der Waals surface area contributed by atoms with Gasteiger partial charge in [-0.1, -0.05) is 44.2 Å². The summed E-state index contributed by atoms with van der Waals surface area (Å²) < 4.78 is 60.9. The molecule has 0 aromatic heterocycles. The lowest BCUT2D eigenvalue weighted by atomic mass is 9.72. The van der Waals surface area contributed by atoms with Crippen LogP contribution in [0.25, 0.3) is 0 Å². The van der Waals surface area contributed by atoms with E-state index in [4.69, 9.17) is 14.2 Å². The predicted molar refractivity (Wildman–Crippen MR) is 134 cm³/mol. The second kappa shape index (κ2) is 9.94. The van der Waals surface area contributed by atoms with Crippen LogP contribution in [0.5, 0.6) is 17.2 Å². The Bertz CT molecular complexity index is 1330. The number of ketones is 1. The predicted octanol–water partition coefficient (Wildman–Crippen LogP) is 4.43. The van der Waals surface area contributed by atoms with Crippen LogP contribution < -0.4 is 19.5 Å². The van der Waals surface area contributed by atoms with E-state index < -0.39 is 40.3 Å². The molecule has 4 rings (SSSR count). The van der Waals surface area contributed by atoms with Crippen LogP contribution in [0, 0.1) is 5.41 Å². The SMILES string of the molecule is COc1cc(C(=O)NC2(C(F)(F)F)C(=O)N(Cc3ccccc3)C3=C2C(=O)CC(C)(C)C3)cc(OC)c1OC. The molecule has 0 saturated heterocycles. The molecule has 0 fully saturated rings. The Morgan fingerprint density at radius 2 is 1.56 bits per heavy atom. The summed E-state index contributed by atoms with van der Waals surface area (Å²) in [5.41, 5.74) is -4.74. The Kier molecular flexibility index (Phi) is 7.14. The Morgan fingerprint density at radius 1 is 0.974 bits per heavy atom. The first-order valence-electron chi connectivity index (χ1n) is 12.1. The molecule has 1 aliphatic carbocycles. The van der Waals surface area contributed by atoms with Crippen LogP contribution in [-0.2, 0) is 16.1 Å². The number of ether oxygens (including phenoxy) is 3. The number of nitrogens with zero attached hydrogens (tertiary/aromatic N) is 1. The molecule has 2 amide bonds. The van der Waals surface area contributed by atoms with Gasteiger partial charge < -0.3 is 24.4 Å². The fourth-order valence-electron chi connectivity index (χ4n) is 5.21. The number of alkyl halides is 3. The Morgan fingerprint density at radius 3 is 2.08 bits per heavy atom. The number of Topliss-reactive ketones (excluding diaryl/α,β-unsaturated/α-hetero) is 1. The first kappa shape index (κ1) is 28.0. The second-order valence-electron chi connectivity index (χ2n) is 10.3. The van der Waals surface area contributed by atoms with Crippen molar-refractivity contribution in [2.75, 3.05) is 21.3 Å². The van der Waals surface area contributed by atoms with Crippen LogP contribution in [0.3, 0.4) is 0 Å².